The van der Waals surface area contributed by atoms with E-state index in [1.54, 1.807) is 13.0 Å². The first-order chi connectivity index (χ1) is 18.5. The Hall–Kier alpha value is -3.70. The van der Waals surface area contributed by atoms with Crippen LogP contribution in [0.25, 0.3) is 10.8 Å². The van der Waals surface area contributed by atoms with Crippen LogP contribution >= 0.6 is 0 Å². The number of carbonyl (C=O) groups excluding carboxylic acids is 1. The van der Waals surface area contributed by atoms with Gasteiger partial charge in [-0.2, -0.15) is 0 Å². The number of anilines is 1. The van der Waals surface area contributed by atoms with Crippen molar-refractivity contribution >= 4 is 38.4 Å². The fourth-order valence-electron chi connectivity index (χ4n) is 6.45. The summed E-state index contributed by atoms with van der Waals surface area (Å²) in [6, 6.07) is 9.29. The largest absolute Gasteiger partial charge is 0.477 e. The lowest BCUT2D eigenvalue weighted by Gasteiger charge is -2.46. The van der Waals surface area contributed by atoms with Crippen LogP contribution in [0.3, 0.4) is 0 Å². The van der Waals surface area contributed by atoms with E-state index in [4.69, 9.17) is 0 Å². The molecule has 2 N–H and O–H groups in total. The summed E-state index contributed by atoms with van der Waals surface area (Å²) in [6.45, 7) is 3.95. The average molecular weight is 552 g/mol. The second kappa shape index (κ2) is 8.92. The second-order valence-electron chi connectivity index (χ2n) is 10.9. The molecule has 6 rings (SSSR count). The molecule has 3 aliphatic rings. The fraction of sp³-hybridized carbons (Fsp3) is 0.393. The minimum atomic E-state index is -3.77. The number of aromatic nitrogens is 2. The van der Waals surface area contributed by atoms with E-state index < -0.39 is 45.9 Å². The Morgan fingerprint density at radius 2 is 1.97 bits per heavy atom. The van der Waals surface area contributed by atoms with Crippen LogP contribution in [0.15, 0.2) is 60.3 Å². The van der Waals surface area contributed by atoms with Crippen molar-refractivity contribution in [2.45, 2.75) is 44.7 Å². The molecule has 3 aromatic rings. The van der Waals surface area contributed by atoms with Crippen LogP contribution < -0.4 is 8.87 Å². The maximum Gasteiger partial charge on any atom is 0.352 e. The molecule has 0 saturated carbocycles. The zero-order chi connectivity index (χ0) is 27.8. The Morgan fingerprint density at radius 3 is 2.64 bits per heavy atom. The van der Waals surface area contributed by atoms with Crippen LogP contribution in [-0.2, 0) is 45.4 Å². The molecule has 1 aromatic heterocycles. The summed E-state index contributed by atoms with van der Waals surface area (Å²) in [5, 5.41) is 21.9. The molecular weight excluding hydrogens is 520 g/mol. The van der Waals surface area contributed by atoms with Crippen molar-refractivity contribution < 1.29 is 32.8 Å². The highest BCUT2D eigenvalue weighted by atomic mass is 32.2. The average Bonchev–Trinajstić information content (AvgIpc) is 3.48. The summed E-state index contributed by atoms with van der Waals surface area (Å²) < 4.78 is 32.3. The molecule has 11 heteroatoms. The van der Waals surface area contributed by atoms with Crippen LogP contribution in [0, 0.1) is 11.8 Å². The zero-order valence-electron chi connectivity index (χ0n) is 22.0. The number of aliphatic hydroxyl groups is 1. The molecule has 39 heavy (non-hydrogen) atoms. The number of carbonyl (C=O) groups is 2. The van der Waals surface area contributed by atoms with Gasteiger partial charge in [0.15, 0.2) is 0 Å². The van der Waals surface area contributed by atoms with E-state index >= 15 is 0 Å². The molecule has 0 spiro atoms. The summed E-state index contributed by atoms with van der Waals surface area (Å²) in [4.78, 5) is 26.2. The van der Waals surface area contributed by atoms with Crippen molar-refractivity contribution in [2.24, 2.45) is 18.9 Å². The van der Waals surface area contributed by atoms with E-state index in [1.807, 2.05) is 42.5 Å². The highest BCUT2D eigenvalue weighted by Crippen LogP contribution is 2.48. The number of aliphatic carboxylic acids is 1. The number of rotatable bonds is 7. The van der Waals surface area contributed by atoms with Gasteiger partial charge in [0.05, 0.1) is 49.6 Å². The van der Waals surface area contributed by atoms with E-state index in [2.05, 4.69) is 16.7 Å². The van der Waals surface area contributed by atoms with Gasteiger partial charge in [-0.15, -0.1) is 0 Å². The molecule has 0 aliphatic carbocycles. The van der Waals surface area contributed by atoms with Gasteiger partial charge < -0.3 is 15.1 Å². The number of hydrogen-bond acceptors (Lipinski definition) is 5. The molecule has 3 aliphatic heterocycles. The quantitative estimate of drug-likeness (QED) is 0.339. The molecule has 4 heterocycles. The van der Waals surface area contributed by atoms with Crippen molar-refractivity contribution in [3.63, 3.8) is 0 Å². The lowest BCUT2D eigenvalue weighted by Crippen LogP contribution is -2.63. The Bertz CT molecular complexity index is 1670. The van der Waals surface area contributed by atoms with E-state index in [0.717, 1.165) is 29.3 Å². The summed E-state index contributed by atoms with van der Waals surface area (Å²) in [5.74, 6) is -3.00. The minimum absolute atomic E-state index is 0.152. The maximum absolute atomic E-state index is 13.5. The maximum atomic E-state index is 13.5. The SMILES string of the molecule is C[C@@H](O)[C@H]1C(=O)N2C(C(=O)O)=C(CN3c4ccc5ccc(CCn6cc[n+](C)c6)cc5c4CS3(=O)=O)[C@H](C)[C@H]12. The molecule has 1 fully saturated rings. The summed E-state index contributed by atoms with van der Waals surface area (Å²) in [5.41, 5.74) is 2.55. The molecule has 10 nitrogen and oxygen atoms in total. The standard InChI is InChI=1S/C28H30N4O6S/c1-16-21(26(28(35)36)32-25(16)24(17(2)33)27(32)34)13-31-23-7-6-19-5-4-18(8-9-30-11-10-29(3)15-30)12-20(19)22(23)14-39(31,37)38/h4-7,10-12,15-17,24-25,33H,8-9,13-14H2,1-3H3/p+1/t16-,17+,24+,25+/m0/s1. The van der Waals surface area contributed by atoms with Crippen molar-refractivity contribution in [3.8, 4) is 0 Å². The summed E-state index contributed by atoms with van der Waals surface area (Å²) >= 11 is 0. The molecule has 0 bridgehead atoms. The number of carboxylic acids is 1. The first-order valence-electron chi connectivity index (χ1n) is 13.0. The minimum Gasteiger partial charge on any atom is -0.477 e. The second-order valence-corrected chi connectivity index (χ2v) is 12.8. The van der Waals surface area contributed by atoms with Gasteiger partial charge in [-0.05, 0) is 34.9 Å². The molecule has 0 radical (unpaired) electrons. The Morgan fingerprint density at radius 1 is 1.23 bits per heavy atom. The molecule has 0 unspecified atom stereocenters. The van der Waals surface area contributed by atoms with E-state index in [0.29, 0.717) is 16.8 Å². The van der Waals surface area contributed by atoms with Crippen molar-refractivity contribution in [3.05, 3.63) is 71.4 Å². The number of β-lactam (4-membered cyclic amide) rings is 1. The number of benzene rings is 2. The monoisotopic (exact) mass is 551 g/mol. The van der Waals surface area contributed by atoms with Crippen molar-refractivity contribution in [2.75, 3.05) is 10.8 Å². The van der Waals surface area contributed by atoms with Gasteiger partial charge in [0.25, 0.3) is 0 Å². The van der Waals surface area contributed by atoms with Crippen LogP contribution in [0.1, 0.15) is 25.0 Å². The third kappa shape index (κ3) is 3.94. The lowest BCUT2D eigenvalue weighted by atomic mass is 9.78. The van der Waals surface area contributed by atoms with Crippen molar-refractivity contribution in [1.29, 1.82) is 0 Å². The molecule has 1 saturated heterocycles. The topological polar surface area (TPSA) is 124 Å². The molecule has 204 valence electrons. The smallest absolute Gasteiger partial charge is 0.352 e. The van der Waals surface area contributed by atoms with Gasteiger partial charge in [0.2, 0.25) is 22.3 Å². The number of sulfonamides is 1. The zero-order valence-corrected chi connectivity index (χ0v) is 22.8. The summed E-state index contributed by atoms with van der Waals surface area (Å²) in [6.07, 6.45) is 5.85. The van der Waals surface area contributed by atoms with Crippen LogP contribution in [0.4, 0.5) is 5.69 Å². The third-order valence-corrected chi connectivity index (χ3v) is 10.1. The number of amides is 1. The number of aliphatic hydroxyl groups excluding tert-OH is 1. The fourth-order valence-corrected chi connectivity index (χ4v) is 8.08. The van der Waals surface area contributed by atoms with Crippen LogP contribution in [-0.4, -0.2) is 58.7 Å². The van der Waals surface area contributed by atoms with E-state index in [9.17, 15) is 28.2 Å². The number of carboxylic acid groups (broad SMARTS) is 1. The Balaban J connectivity index is 1.35. The normalized spacial score (nSPS) is 24.2. The van der Waals surface area contributed by atoms with Gasteiger partial charge in [-0.25, -0.2) is 22.3 Å². The molecule has 1 amide bonds. The molecular formula is C28H31N4O6S+. The Labute approximate surface area is 226 Å². The first kappa shape index (κ1) is 25.6. The number of fused-ring (bicyclic) bond motifs is 4. The van der Waals surface area contributed by atoms with Crippen LogP contribution in [0.5, 0.6) is 0 Å². The van der Waals surface area contributed by atoms with E-state index in [-0.39, 0.29) is 18.0 Å². The predicted molar refractivity (Wildman–Crippen MR) is 143 cm³/mol. The molecule has 4 atom stereocenters. The van der Waals surface area contributed by atoms with E-state index in [1.165, 1.54) is 16.1 Å². The lowest BCUT2D eigenvalue weighted by molar-refractivity contribution is -0.671. The number of aryl methyl sites for hydroxylation is 3. The number of imidazole rings is 1. The highest BCUT2D eigenvalue weighted by molar-refractivity contribution is 7.92. The predicted octanol–water partition coefficient (Wildman–Crippen LogP) is 1.55. The van der Waals surface area contributed by atoms with Gasteiger partial charge in [-0.3, -0.25) is 9.10 Å². The first-order valence-corrected chi connectivity index (χ1v) is 14.6. The van der Waals surface area contributed by atoms with Gasteiger partial charge in [0, 0.05) is 17.9 Å². The molecule has 2 aromatic carbocycles. The third-order valence-electron chi connectivity index (χ3n) is 8.42. The number of nitrogens with zero attached hydrogens (tertiary/aromatic N) is 4. The van der Waals surface area contributed by atoms with Gasteiger partial charge in [0.1, 0.15) is 18.1 Å². The van der Waals surface area contributed by atoms with Gasteiger partial charge >= 0.3 is 5.97 Å². The van der Waals surface area contributed by atoms with Crippen molar-refractivity contribution in [1.82, 2.24) is 9.47 Å². The van der Waals surface area contributed by atoms with Crippen LogP contribution in [0.2, 0.25) is 0 Å². The Kier molecular flexibility index (Phi) is 5.85. The summed E-state index contributed by atoms with van der Waals surface area (Å²) in [7, 11) is -1.81. The highest BCUT2D eigenvalue weighted by Gasteiger charge is 2.60. The van der Waals surface area contributed by atoms with Gasteiger partial charge in [-0.1, -0.05) is 31.2 Å². The number of hydrogen-bond donors (Lipinski definition) is 2.